The van der Waals surface area contributed by atoms with E-state index in [4.69, 9.17) is 11.5 Å². The van der Waals surface area contributed by atoms with Gasteiger partial charge in [0.25, 0.3) is 0 Å². The first-order chi connectivity index (χ1) is 14.6. The van der Waals surface area contributed by atoms with E-state index in [1.165, 1.54) is 44.5 Å². The Morgan fingerprint density at radius 3 is 1.83 bits per heavy atom. The van der Waals surface area contributed by atoms with Gasteiger partial charge < -0.3 is 11.5 Å². The molecule has 0 atom stereocenters. The summed E-state index contributed by atoms with van der Waals surface area (Å²) in [7, 11) is 0. The smallest absolute Gasteiger partial charge is 0.0353 e. The van der Waals surface area contributed by atoms with E-state index in [0.29, 0.717) is 0 Å². The minimum absolute atomic E-state index is 0.842. The van der Waals surface area contributed by atoms with Gasteiger partial charge in [-0.15, -0.1) is 0 Å². The molecule has 4 N–H and O–H groups in total. The van der Waals surface area contributed by atoms with Crippen LogP contribution in [-0.4, -0.2) is 0 Å². The minimum Gasteiger partial charge on any atom is -0.399 e. The number of rotatable bonds is 5. The summed E-state index contributed by atoms with van der Waals surface area (Å²) in [6.45, 7) is 4.30. The minimum atomic E-state index is 0.842. The molecule has 0 saturated carbocycles. The van der Waals surface area contributed by atoms with Crippen LogP contribution in [0.5, 0.6) is 0 Å². The number of anilines is 2. The van der Waals surface area contributed by atoms with Gasteiger partial charge in [0.15, 0.2) is 0 Å². The van der Waals surface area contributed by atoms with Crippen molar-refractivity contribution in [3.8, 4) is 33.4 Å². The molecule has 0 saturated heterocycles. The van der Waals surface area contributed by atoms with Crippen LogP contribution in [-0.2, 0) is 12.8 Å². The Kier molecular flexibility index (Phi) is 5.58. The molecule has 0 amide bonds. The van der Waals surface area contributed by atoms with E-state index in [1.54, 1.807) is 0 Å². The Labute approximate surface area is 179 Å². The Balaban J connectivity index is 1.87. The molecule has 0 fully saturated rings. The molecule has 2 nitrogen and oxygen atoms in total. The van der Waals surface area contributed by atoms with Crippen LogP contribution in [0.4, 0.5) is 11.4 Å². The van der Waals surface area contributed by atoms with Gasteiger partial charge in [-0.3, -0.25) is 0 Å². The van der Waals surface area contributed by atoms with E-state index in [2.05, 4.69) is 80.6 Å². The van der Waals surface area contributed by atoms with Crippen LogP contribution in [0.3, 0.4) is 0 Å². The lowest BCUT2D eigenvalue weighted by molar-refractivity contribution is 1.14. The molecule has 0 aliphatic rings. The average Bonchev–Trinajstić information content (AvgIpc) is 2.80. The highest BCUT2D eigenvalue weighted by Crippen LogP contribution is 2.39. The zero-order valence-corrected chi connectivity index (χ0v) is 17.7. The third kappa shape index (κ3) is 3.69. The standard InChI is InChI=1S/C28H28N2/c1-3-19-18-23(14-16-26(19)29)25-15-17-27(30)24(4-2)28(25)22-12-10-21(11-13-22)20-8-6-5-7-9-20/h5-18H,3-4,29-30H2,1-2H3. The number of hydrogen-bond donors (Lipinski definition) is 2. The van der Waals surface area contributed by atoms with Crippen molar-refractivity contribution >= 4 is 11.4 Å². The monoisotopic (exact) mass is 392 g/mol. The number of aryl methyl sites for hydroxylation is 1. The molecule has 2 heteroatoms. The van der Waals surface area contributed by atoms with Gasteiger partial charge >= 0.3 is 0 Å². The molecular weight excluding hydrogens is 364 g/mol. The molecule has 30 heavy (non-hydrogen) atoms. The summed E-state index contributed by atoms with van der Waals surface area (Å²) in [5.41, 5.74) is 23.8. The summed E-state index contributed by atoms with van der Waals surface area (Å²) in [6, 6.07) is 29.8. The first-order valence-electron chi connectivity index (χ1n) is 10.6. The van der Waals surface area contributed by atoms with E-state index >= 15 is 0 Å². The topological polar surface area (TPSA) is 52.0 Å². The van der Waals surface area contributed by atoms with Gasteiger partial charge in [-0.2, -0.15) is 0 Å². The van der Waals surface area contributed by atoms with E-state index in [-0.39, 0.29) is 0 Å². The SMILES string of the molecule is CCc1cc(-c2ccc(N)c(CC)c2-c2ccc(-c3ccccc3)cc2)ccc1N. The van der Waals surface area contributed by atoms with Crippen molar-refractivity contribution in [2.75, 3.05) is 11.5 Å². The number of hydrogen-bond acceptors (Lipinski definition) is 2. The molecule has 150 valence electrons. The molecule has 0 radical (unpaired) electrons. The van der Waals surface area contributed by atoms with Crippen molar-refractivity contribution in [2.24, 2.45) is 0 Å². The molecule has 4 rings (SSSR count). The maximum absolute atomic E-state index is 6.40. The summed E-state index contributed by atoms with van der Waals surface area (Å²) >= 11 is 0. The quantitative estimate of drug-likeness (QED) is 0.360. The van der Waals surface area contributed by atoms with Crippen molar-refractivity contribution in [2.45, 2.75) is 26.7 Å². The molecule has 0 unspecified atom stereocenters. The second-order valence-electron chi connectivity index (χ2n) is 7.62. The number of nitrogens with two attached hydrogens (primary N) is 2. The van der Waals surface area contributed by atoms with E-state index in [0.717, 1.165) is 24.2 Å². The highest BCUT2D eigenvalue weighted by molar-refractivity contribution is 5.90. The molecule has 4 aromatic rings. The van der Waals surface area contributed by atoms with Crippen molar-refractivity contribution < 1.29 is 0 Å². The largest absolute Gasteiger partial charge is 0.399 e. The van der Waals surface area contributed by atoms with Crippen LogP contribution in [0.15, 0.2) is 84.9 Å². The third-order valence-corrected chi connectivity index (χ3v) is 5.82. The third-order valence-electron chi connectivity index (χ3n) is 5.82. The second-order valence-corrected chi connectivity index (χ2v) is 7.62. The van der Waals surface area contributed by atoms with Crippen LogP contribution in [0.25, 0.3) is 33.4 Å². The van der Waals surface area contributed by atoms with Gasteiger partial charge in [0.1, 0.15) is 0 Å². The van der Waals surface area contributed by atoms with E-state index < -0.39 is 0 Å². The molecule has 0 aliphatic carbocycles. The molecule has 0 bridgehead atoms. The number of benzene rings is 4. The summed E-state index contributed by atoms with van der Waals surface area (Å²) in [4.78, 5) is 0. The lowest BCUT2D eigenvalue weighted by Crippen LogP contribution is -2.00. The van der Waals surface area contributed by atoms with Crippen LogP contribution in [0.2, 0.25) is 0 Å². The average molecular weight is 393 g/mol. The van der Waals surface area contributed by atoms with Gasteiger partial charge in [0, 0.05) is 11.4 Å². The van der Waals surface area contributed by atoms with Gasteiger partial charge in [-0.1, -0.05) is 80.6 Å². The van der Waals surface area contributed by atoms with Crippen LogP contribution >= 0.6 is 0 Å². The summed E-state index contributed by atoms with van der Waals surface area (Å²) in [6.07, 6.45) is 1.79. The van der Waals surface area contributed by atoms with Gasteiger partial charge in [-0.25, -0.2) is 0 Å². The molecule has 4 aromatic carbocycles. The van der Waals surface area contributed by atoms with Crippen molar-refractivity contribution in [3.63, 3.8) is 0 Å². The fourth-order valence-corrected chi connectivity index (χ4v) is 4.15. The maximum Gasteiger partial charge on any atom is 0.0353 e. The fourth-order valence-electron chi connectivity index (χ4n) is 4.15. The van der Waals surface area contributed by atoms with E-state index in [1.807, 2.05) is 18.2 Å². The summed E-state index contributed by atoms with van der Waals surface area (Å²) in [5, 5.41) is 0. The van der Waals surface area contributed by atoms with Gasteiger partial charge in [0.2, 0.25) is 0 Å². The Morgan fingerprint density at radius 1 is 0.567 bits per heavy atom. The Bertz CT molecular complexity index is 1160. The lowest BCUT2D eigenvalue weighted by Gasteiger charge is -2.18. The molecule has 0 spiro atoms. The van der Waals surface area contributed by atoms with Crippen molar-refractivity contribution in [1.82, 2.24) is 0 Å². The molecule has 0 aromatic heterocycles. The zero-order valence-electron chi connectivity index (χ0n) is 17.7. The summed E-state index contributed by atoms with van der Waals surface area (Å²) in [5.74, 6) is 0. The summed E-state index contributed by atoms with van der Waals surface area (Å²) < 4.78 is 0. The fraction of sp³-hybridized carbons (Fsp3) is 0.143. The lowest BCUT2D eigenvalue weighted by atomic mass is 9.87. The van der Waals surface area contributed by atoms with Gasteiger partial charge in [0.05, 0.1) is 0 Å². The highest BCUT2D eigenvalue weighted by atomic mass is 14.6. The predicted molar refractivity (Wildman–Crippen MR) is 130 cm³/mol. The van der Waals surface area contributed by atoms with Crippen LogP contribution < -0.4 is 11.5 Å². The number of nitrogen functional groups attached to an aromatic ring is 2. The normalized spacial score (nSPS) is 10.9. The van der Waals surface area contributed by atoms with Crippen LogP contribution in [0.1, 0.15) is 25.0 Å². The highest BCUT2D eigenvalue weighted by Gasteiger charge is 2.15. The van der Waals surface area contributed by atoms with E-state index in [9.17, 15) is 0 Å². The molecular formula is C28H28N2. The first-order valence-corrected chi connectivity index (χ1v) is 10.6. The molecule has 0 aliphatic heterocycles. The Morgan fingerprint density at radius 2 is 1.17 bits per heavy atom. The molecule has 0 heterocycles. The first kappa shape index (κ1) is 19.8. The maximum atomic E-state index is 6.40. The van der Waals surface area contributed by atoms with Crippen molar-refractivity contribution in [3.05, 3.63) is 96.1 Å². The predicted octanol–water partition coefficient (Wildman–Crippen LogP) is 6.98. The zero-order chi connectivity index (χ0) is 21.1. The van der Waals surface area contributed by atoms with Gasteiger partial charge in [-0.05, 0) is 75.5 Å². The van der Waals surface area contributed by atoms with Crippen LogP contribution in [0, 0.1) is 0 Å². The second kappa shape index (κ2) is 8.46. The van der Waals surface area contributed by atoms with Crippen molar-refractivity contribution in [1.29, 1.82) is 0 Å². The Hall–Kier alpha value is -3.52.